The monoisotopic (exact) mass is 446 g/mol. The van der Waals surface area contributed by atoms with Gasteiger partial charge in [-0.25, -0.2) is 4.98 Å². The van der Waals surface area contributed by atoms with E-state index in [1.54, 1.807) is 6.07 Å². The summed E-state index contributed by atoms with van der Waals surface area (Å²) in [5.41, 5.74) is 3.89. The number of nitrogens with one attached hydrogen (secondary N) is 3. The van der Waals surface area contributed by atoms with Crippen LogP contribution >= 0.6 is 11.6 Å². The molecule has 1 amide bonds. The molecular weight excluding hydrogens is 428 g/mol. The molecule has 2 aromatic carbocycles. The van der Waals surface area contributed by atoms with Crippen molar-refractivity contribution in [1.82, 2.24) is 15.1 Å². The molecule has 1 aliphatic rings. The van der Waals surface area contributed by atoms with Gasteiger partial charge < -0.3 is 20.5 Å². The fraction of sp³-hybridized carbons (Fsp3) is 0.130. The maximum Gasteiger partial charge on any atom is 0.229 e. The van der Waals surface area contributed by atoms with Gasteiger partial charge in [-0.05, 0) is 37.1 Å². The number of carbonyl (C=O) groups is 1. The molecule has 2 aromatic heterocycles. The van der Waals surface area contributed by atoms with Gasteiger partial charge in [0.2, 0.25) is 11.9 Å². The van der Waals surface area contributed by atoms with Crippen LogP contribution in [-0.2, 0) is 4.79 Å². The molecule has 0 bridgehead atoms. The molecule has 1 saturated carbocycles. The summed E-state index contributed by atoms with van der Waals surface area (Å²) < 4.78 is 4.88. The van der Waals surface area contributed by atoms with Crippen LogP contribution in [0.15, 0.2) is 71.6 Å². The minimum absolute atomic E-state index is 0.0319. The summed E-state index contributed by atoms with van der Waals surface area (Å²) in [5.74, 6) is 0.948. The number of anilines is 5. The molecule has 9 heteroatoms. The summed E-state index contributed by atoms with van der Waals surface area (Å²) in [7, 11) is 0. The summed E-state index contributed by atoms with van der Waals surface area (Å²) in [5, 5.41) is 13.6. The predicted octanol–water partition coefficient (Wildman–Crippen LogP) is 5.62. The average Bonchev–Trinajstić information content (AvgIpc) is 3.52. The van der Waals surface area contributed by atoms with Crippen LogP contribution in [0.25, 0.3) is 11.3 Å². The Labute approximate surface area is 189 Å². The Morgan fingerprint density at radius 1 is 1.00 bits per heavy atom. The minimum Gasteiger partial charge on any atom is -0.364 e. The second-order valence-electron chi connectivity index (χ2n) is 7.41. The fourth-order valence-corrected chi connectivity index (χ4v) is 3.28. The number of carbonyl (C=O) groups excluding carboxylic acids is 1. The number of amides is 1. The fourth-order valence-electron chi connectivity index (χ4n) is 3.14. The molecule has 2 heterocycles. The highest BCUT2D eigenvalue weighted by atomic mass is 35.5. The first-order valence-electron chi connectivity index (χ1n) is 10.1. The van der Waals surface area contributed by atoms with Gasteiger partial charge in [-0.1, -0.05) is 41.0 Å². The van der Waals surface area contributed by atoms with Gasteiger partial charge in [0.15, 0.2) is 5.82 Å². The second-order valence-corrected chi connectivity index (χ2v) is 7.82. The third-order valence-corrected chi connectivity index (χ3v) is 5.28. The zero-order chi connectivity index (χ0) is 21.9. The Balaban J connectivity index is 1.33. The molecule has 0 atom stereocenters. The molecule has 1 fully saturated rings. The van der Waals surface area contributed by atoms with Crippen LogP contribution in [-0.4, -0.2) is 21.0 Å². The van der Waals surface area contributed by atoms with Crippen molar-refractivity contribution >= 4 is 46.3 Å². The van der Waals surface area contributed by atoms with Crippen LogP contribution in [0.1, 0.15) is 12.8 Å². The Bertz CT molecular complexity index is 1240. The molecule has 4 aromatic rings. The van der Waals surface area contributed by atoms with Gasteiger partial charge in [-0.2, -0.15) is 4.98 Å². The zero-order valence-corrected chi connectivity index (χ0v) is 17.6. The normalized spacial score (nSPS) is 12.9. The van der Waals surface area contributed by atoms with Gasteiger partial charge in [-0.3, -0.25) is 4.79 Å². The minimum atomic E-state index is 0.0319. The summed E-state index contributed by atoms with van der Waals surface area (Å²) >= 11 is 6.33. The van der Waals surface area contributed by atoms with Crippen molar-refractivity contribution in [1.29, 1.82) is 0 Å². The van der Waals surface area contributed by atoms with E-state index in [0.29, 0.717) is 28.2 Å². The molecule has 0 unspecified atom stereocenters. The van der Waals surface area contributed by atoms with Gasteiger partial charge in [0.05, 0.1) is 17.6 Å². The average molecular weight is 447 g/mol. The van der Waals surface area contributed by atoms with Crippen LogP contribution in [0.3, 0.4) is 0 Å². The van der Waals surface area contributed by atoms with E-state index in [4.69, 9.17) is 16.1 Å². The summed E-state index contributed by atoms with van der Waals surface area (Å²) in [6.07, 6.45) is 4.93. The molecule has 32 heavy (non-hydrogen) atoms. The van der Waals surface area contributed by atoms with E-state index in [0.717, 1.165) is 29.8 Å². The lowest BCUT2D eigenvalue weighted by molar-refractivity contribution is -0.117. The first-order valence-corrected chi connectivity index (χ1v) is 10.5. The van der Waals surface area contributed by atoms with E-state index in [1.807, 2.05) is 48.5 Å². The highest BCUT2D eigenvalue weighted by Crippen LogP contribution is 2.33. The van der Waals surface area contributed by atoms with Crippen LogP contribution in [0, 0.1) is 5.92 Å². The lowest BCUT2D eigenvalue weighted by Gasteiger charge is -2.14. The quantitative estimate of drug-likeness (QED) is 0.338. The number of hydrogen-bond donors (Lipinski definition) is 3. The van der Waals surface area contributed by atoms with Crippen molar-refractivity contribution in [2.45, 2.75) is 12.8 Å². The number of para-hydroxylation sites is 2. The summed E-state index contributed by atoms with van der Waals surface area (Å²) in [6.45, 7) is 0. The van der Waals surface area contributed by atoms with Crippen molar-refractivity contribution in [3.05, 3.63) is 72.1 Å². The SMILES string of the molecule is O=C(Nc1ccccc1Nc1nc(Nc2ccc(-c3ccon3)cc2)ncc1Cl)C1CC1. The van der Waals surface area contributed by atoms with E-state index >= 15 is 0 Å². The topological polar surface area (TPSA) is 105 Å². The molecule has 0 spiro atoms. The van der Waals surface area contributed by atoms with Gasteiger partial charge in [0, 0.05) is 23.2 Å². The third-order valence-electron chi connectivity index (χ3n) is 5.00. The Kier molecular flexibility index (Phi) is 5.43. The largest absolute Gasteiger partial charge is 0.364 e. The molecule has 0 saturated heterocycles. The van der Waals surface area contributed by atoms with E-state index in [1.165, 1.54) is 12.5 Å². The summed E-state index contributed by atoms with van der Waals surface area (Å²) in [4.78, 5) is 20.9. The smallest absolute Gasteiger partial charge is 0.229 e. The lowest BCUT2D eigenvalue weighted by atomic mass is 10.1. The number of halogens is 1. The maximum absolute atomic E-state index is 12.2. The Morgan fingerprint density at radius 3 is 2.50 bits per heavy atom. The molecule has 0 aliphatic heterocycles. The Morgan fingerprint density at radius 2 is 1.78 bits per heavy atom. The zero-order valence-electron chi connectivity index (χ0n) is 16.9. The number of rotatable bonds is 7. The van der Waals surface area contributed by atoms with Crippen molar-refractivity contribution in [3.8, 4) is 11.3 Å². The van der Waals surface area contributed by atoms with E-state index in [2.05, 4.69) is 31.1 Å². The van der Waals surface area contributed by atoms with Crippen molar-refractivity contribution < 1.29 is 9.32 Å². The Hall–Kier alpha value is -3.91. The molecule has 3 N–H and O–H groups in total. The van der Waals surface area contributed by atoms with Crippen LogP contribution in [0.2, 0.25) is 5.02 Å². The predicted molar refractivity (Wildman–Crippen MR) is 123 cm³/mol. The van der Waals surface area contributed by atoms with Crippen LogP contribution < -0.4 is 16.0 Å². The van der Waals surface area contributed by atoms with E-state index in [9.17, 15) is 4.79 Å². The van der Waals surface area contributed by atoms with Gasteiger partial charge in [0.1, 0.15) is 17.0 Å². The second kappa shape index (κ2) is 8.68. The number of aromatic nitrogens is 3. The first-order chi connectivity index (χ1) is 15.7. The van der Waals surface area contributed by atoms with Crippen molar-refractivity contribution in [2.75, 3.05) is 16.0 Å². The number of benzene rings is 2. The lowest BCUT2D eigenvalue weighted by Crippen LogP contribution is -2.14. The van der Waals surface area contributed by atoms with Crippen LogP contribution in [0.5, 0.6) is 0 Å². The third kappa shape index (κ3) is 4.55. The molecule has 1 aliphatic carbocycles. The number of hydrogen-bond acceptors (Lipinski definition) is 7. The van der Waals surface area contributed by atoms with Crippen LogP contribution in [0.4, 0.5) is 28.8 Å². The maximum atomic E-state index is 12.2. The van der Waals surface area contributed by atoms with Gasteiger partial charge >= 0.3 is 0 Å². The highest BCUT2D eigenvalue weighted by molar-refractivity contribution is 6.33. The summed E-state index contributed by atoms with van der Waals surface area (Å²) in [6, 6.07) is 16.9. The molecule has 8 nitrogen and oxygen atoms in total. The standard InChI is InChI=1S/C23H19ClN6O2/c24-17-13-25-23(26-16-9-7-14(8-10-16)18-11-12-32-30-18)29-21(17)27-19-3-1-2-4-20(19)28-22(31)15-5-6-15/h1-4,7-13,15H,5-6H2,(H,28,31)(H2,25,26,27,29). The number of nitrogens with zero attached hydrogens (tertiary/aromatic N) is 3. The highest BCUT2D eigenvalue weighted by Gasteiger charge is 2.30. The van der Waals surface area contributed by atoms with E-state index in [-0.39, 0.29) is 11.8 Å². The molecule has 5 rings (SSSR count). The van der Waals surface area contributed by atoms with Crippen molar-refractivity contribution in [2.24, 2.45) is 5.92 Å². The molecule has 160 valence electrons. The van der Waals surface area contributed by atoms with E-state index < -0.39 is 0 Å². The molecule has 0 radical (unpaired) electrons. The molecular formula is C23H19ClN6O2. The van der Waals surface area contributed by atoms with Crippen molar-refractivity contribution in [3.63, 3.8) is 0 Å². The van der Waals surface area contributed by atoms with Gasteiger partial charge in [0.25, 0.3) is 0 Å². The van der Waals surface area contributed by atoms with Gasteiger partial charge in [-0.15, -0.1) is 0 Å². The first kappa shape index (κ1) is 20.0.